The van der Waals surface area contributed by atoms with Crippen molar-refractivity contribution in [1.82, 2.24) is 4.90 Å². The Hall–Kier alpha value is 1.57. The van der Waals surface area contributed by atoms with Gasteiger partial charge in [-0.3, -0.25) is 19.2 Å². The van der Waals surface area contributed by atoms with Crippen LogP contribution in [0.2, 0.25) is 0 Å². The second kappa shape index (κ2) is 13.8. The number of aliphatic imine (C=N–C) groups is 3. The third-order valence-electron chi connectivity index (χ3n) is 3.97. The molecule has 25 heteroatoms. The number of amides is 1. The Labute approximate surface area is 262 Å². The summed E-state index contributed by atoms with van der Waals surface area (Å²) in [6.07, 6.45) is -5.30. The summed E-state index contributed by atoms with van der Waals surface area (Å²) in [4.78, 5) is 59.6. The Bertz CT molecular complexity index is 1040. The van der Waals surface area contributed by atoms with Crippen LogP contribution in [-0.2, 0) is 36.4 Å². The predicted octanol–water partition coefficient (Wildman–Crippen LogP) is -4.40. The van der Waals surface area contributed by atoms with E-state index in [1.165, 1.54) is 0 Å². The average molecular weight is 592 g/mol. The molecule has 0 aromatic carbocycles. The molecule has 19 nitrogen and oxygen atoms in total. The van der Waals surface area contributed by atoms with E-state index in [1.54, 1.807) is 0 Å². The maximum atomic E-state index is 11.8. The molecule has 7 unspecified atom stereocenters. The minimum atomic E-state index is -5.73. The molecule has 3 aliphatic rings. The molecule has 3 heterocycles. The van der Waals surface area contributed by atoms with Crippen LogP contribution in [0.25, 0.3) is 0 Å². The van der Waals surface area contributed by atoms with Gasteiger partial charge in [-0.15, -0.1) is 0 Å². The minimum Gasteiger partial charge on any atom is -0.387 e. The Kier molecular flexibility index (Phi) is 14.4. The van der Waals surface area contributed by atoms with E-state index in [9.17, 15) is 33.6 Å². The van der Waals surface area contributed by atoms with E-state index < -0.39 is 66.6 Å². The van der Waals surface area contributed by atoms with E-state index >= 15 is 0 Å². The van der Waals surface area contributed by atoms with Crippen LogP contribution in [0.4, 0.5) is 0 Å². The number of nitrogens with two attached hydrogens (primary N) is 1. The first kappa shape index (κ1) is 36.6. The molecule has 0 spiro atoms. The van der Waals surface area contributed by atoms with E-state index in [1.807, 2.05) is 0 Å². The van der Waals surface area contributed by atoms with Gasteiger partial charge < -0.3 is 40.3 Å². The number of aliphatic hydroxyl groups excluding tert-OH is 2. The normalized spacial score (nSPS) is 31.1. The van der Waals surface area contributed by atoms with Crippen molar-refractivity contribution in [3.8, 4) is 0 Å². The molecule has 0 aliphatic carbocycles. The summed E-state index contributed by atoms with van der Waals surface area (Å²) in [6.45, 7) is -1.01. The van der Waals surface area contributed by atoms with Gasteiger partial charge in [0.05, 0.1) is 12.9 Å². The number of phosphoric ester groups is 1. The van der Waals surface area contributed by atoms with Crippen molar-refractivity contribution < 1.29 is 66.2 Å². The van der Waals surface area contributed by atoms with Crippen LogP contribution in [0.3, 0.4) is 0 Å². The van der Waals surface area contributed by atoms with Crippen molar-refractivity contribution in [2.24, 2.45) is 20.7 Å². The zero-order chi connectivity index (χ0) is 24.1. The summed E-state index contributed by atoms with van der Waals surface area (Å²) in [5.74, 6) is -1.18. The molecule has 183 valence electrons. The topological polar surface area (TPSA) is 293 Å². The van der Waals surface area contributed by atoms with Crippen LogP contribution < -0.4 is 5.73 Å². The van der Waals surface area contributed by atoms with Crippen molar-refractivity contribution >= 4 is 136 Å². The number of amidine groups is 1. The fourth-order valence-corrected chi connectivity index (χ4v) is 5.81. The SMILES string of the molecule is NC1=NC(=O)C2N=CN(C3OC(COP(=O)(O)OP(=O)(O)OP(=O)(O)O)C(O)C3O)C2=N1.[Na].[Na].[Na]. The molecule has 1 fully saturated rings. The molecule has 1 saturated heterocycles. The van der Waals surface area contributed by atoms with Crippen molar-refractivity contribution in [2.45, 2.75) is 30.6 Å². The molecule has 8 N–H and O–H groups in total. The molecule has 0 bridgehead atoms. The van der Waals surface area contributed by atoms with Crippen LogP contribution in [0, 0.1) is 0 Å². The van der Waals surface area contributed by atoms with Gasteiger partial charge in [-0.2, -0.15) is 18.6 Å². The van der Waals surface area contributed by atoms with Gasteiger partial charge in [0.2, 0.25) is 5.96 Å². The molecule has 0 aromatic rings. The van der Waals surface area contributed by atoms with Crippen LogP contribution in [0.15, 0.2) is 15.0 Å². The van der Waals surface area contributed by atoms with Gasteiger partial charge in [-0.1, -0.05) is 0 Å². The molecule has 3 radical (unpaired) electrons. The number of ether oxygens (including phenoxy) is 1. The van der Waals surface area contributed by atoms with E-state index in [-0.39, 0.29) is 100 Å². The summed E-state index contributed by atoms with van der Waals surface area (Å²) in [5.41, 5.74) is 5.43. The van der Waals surface area contributed by atoms with E-state index in [0.717, 1.165) is 11.2 Å². The van der Waals surface area contributed by atoms with Gasteiger partial charge in [0.1, 0.15) is 18.3 Å². The van der Waals surface area contributed by atoms with Gasteiger partial charge in [0.15, 0.2) is 18.1 Å². The Balaban J connectivity index is 0.00000385. The fourth-order valence-electron chi connectivity index (χ4n) is 2.78. The van der Waals surface area contributed by atoms with Crippen molar-refractivity contribution in [3.63, 3.8) is 0 Å². The number of phosphoric acid groups is 3. The summed E-state index contributed by atoms with van der Waals surface area (Å²) in [5, 5.41) is 20.4. The quantitative estimate of drug-likeness (QED) is 0.103. The summed E-state index contributed by atoms with van der Waals surface area (Å²) >= 11 is 0. The molecule has 1 amide bonds. The number of hydrogen-bond acceptors (Lipinski definition) is 14. The first-order valence-electron chi connectivity index (χ1n) is 8.17. The first-order chi connectivity index (χ1) is 14.6. The molecule has 3 rings (SSSR count). The smallest absolute Gasteiger partial charge is 0.387 e. The second-order valence-electron chi connectivity index (χ2n) is 6.29. The van der Waals surface area contributed by atoms with Gasteiger partial charge >= 0.3 is 23.5 Å². The number of carbonyl (C=O) groups is 1. The number of nitrogens with zero attached hydrogens (tertiary/aromatic N) is 4. The third-order valence-corrected chi connectivity index (χ3v) is 7.77. The number of guanidine groups is 1. The number of fused-ring (bicyclic) bond motifs is 1. The van der Waals surface area contributed by atoms with Crippen LogP contribution >= 0.6 is 23.5 Å². The molecular weight excluding hydrogens is 576 g/mol. The van der Waals surface area contributed by atoms with Crippen molar-refractivity contribution in [1.29, 1.82) is 0 Å². The fraction of sp³-hybridized carbons (Fsp3) is 0.600. The summed E-state index contributed by atoms with van der Waals surface area (Å²) in [6, 6.07) is -1.15. The maximum Gasteiger partial charge on any atom is 0.490 e. The summed E-state index contributed by atoms with van der Waals surface area (Å²) < 4.78 is 50.6. The van der Waals surface area contributed by atoms with Gasteiger partial charge in [0, 0.05) is 88.7 Å². The van der Waals surface area contributed by atoms with Crippen molar-refractivity contribution in [2.75, 3.05) is 6.61 Å². The van der Waals surface area contributed by atoms with Gasteiger partial charge in [-0.25, -0.2) is 13.7 Å². The number of aliphatic hydroxyl groups is 2. The zero-order valence-corrected chi connectivity index (χ0v) is 27.0. The van der Waals surface area contributed by atoms with Gasteiger partial charge in [-0.05, 0) is 0 Å². The standard InChI is InChI=1S/C10H16N5O14P3.3Na/c11-10-13-7-4(8(18)14-10)12-2-15(7)9-6(17)5(16)3(27-9)1-26-31(22,23)29-32(24,25)28-30(19,20)21;;;/h2-6,9,16-17H,1H2,(H,22,23)(H,24,25)(H2,11,14,18)(H2,19,20,21);;;. The number of hydrogen-bond donors (Lipinski definition) is 7. The van der Waals surface area contributed by atoms with E-state index in [4.69, 9.17) is 25.2 Å². The molecular formula is C10H16N5Na3O14P3. The number of carbonyl (C=O) groups excluding carboxylic acids is 1. The minimum absolute atomic E-state index is 0. The molecule has 7 atom stereocenters. The monoisotopic (exact) mass is 592 g/mol. The number of rotatable bonds is 8. The van der Waals surface area contributed by atoms with Crippen LogP contribution in [0.5, 0.6) is 0 Å². The van der Waals surface area contributed by atoms with Crippen LogP contribution in [-0.4, -0.2) is 185 Å². The molecule has 0 saturated carbocycles. The third kappa shape index (κ3) is 9.61. The van der Waals surface area contributed by atoms with E-state index in [2.05, 4.69) is 28.1 Å². The zero-order valence-electron chi connectivity index (χ0n) is 18.3. The average Bonchev–Trinajstić information content (AvgIpc) is 3.12. The molecule has 3 aliphatic heterocycles. The van der Waals surface area contributed by atoms with Gasteiger partial charge in [0.25, 0.3) is 5.91 Å². The predicted molar refractivity (Wildman–Crippen MR) is 116 cm³/mol. The second-order valence-corrected chi connectivity index (χ2v) is 10.7. The maximum absolute atomic E-state index is 11.8. The van der Waals surface area contributed by atoms with Crippen molar-refractivity contribution in [3.05, 3.63) is 0 Å². The largest absolute Gasteiger partial charge is 0.490 e. The Morgan fingerprint density at radius 3 is 2.17 bits per heavy atom. The first-order valence-corrected chi connectivity index (χ1v) is 12.7. The summed E-state index contributed by atoms with van der Waals surface area (Å²) in [7, 11) is -16.8. The Morgan fingerprint density at radius 2 is 1.60 bits per heavy atom. The Morgan fingerprint density at radius 1 is 1.00 bits per heavy atom. The molecule has 0 aromatic heterocycles. The molecule has 35 heavy (non-hydrogen) atoms. The van der Waals surface area contributed by atoms with E-state index in [0.29, 0.717) is 0 Å². The van der Waals surface area contributed by atoms with Crippen LogP contribution in [0.1, 0.15) is 0 Å².